The smallest absolute Gasteiger partial charge is 0.225 e. The summed E-state index contributed by atoms with van der Waals surface area (Å²) < 4.78 is 0. The predicted octanol–water partition coefficient (Wildman–Crippen LogP) is 1.87. The summed E-state index contributed by atoms with van der Waals surface area (Å²) in [7, 11) is 0. The first-order chi connectivity index (χ1) is 7.57. The van der Waals surface area contributed by atoms with Crippen LogP contribution in [0.3, 0.4) is 0 Å². The van der Waals surface area contributed by atoms with E-state index in [9.17, 15) is 5.11 Å². The maximum Gasteiger partial charge on any atom is 0.225 e. The van der Waals surface area contributed by atoms with Gasteiger partial charge in [-0.2, -0.15) is 0 Å². The Morgan fingerprint density at radius 2 is 2.00 bits per heavy atom. The first-order valence-corrected chi connectivity index (χ1v) is 5.89. The van der Waals surface area contributed by atoms with Gasteiger partial charge >= 0.3 is 0 Å². The van der Waals surface area contributed by atoms with Crippen molar-refractivity contribution in [2.45, 2.75) is 31.8 Å². The highest BCUT2D eigenvalue weighted by Crippen LogP contribution is 2.23. The summed E-state index contributed by atoms with van der Waals surface area (Å²) in [4.78, 5) is 10.5. The Bertz CT molecular complexity index is 353. The zero-order valence-corrected chi connectivity index (χ0v) is 10.1. The van der Waals surface area contributed by atoms with Gasteiger partial charge in [0.25, 0.3) is 0 Å². The number of hydrogen-bond acceptors (Lipinski definition) is 4. The standard InChI is InChI=1S/C11H16ClN3O/c1-11(16)3-2-5-15(6-4-11)10-13-7-9(12)8-14-10/h7-8,16H,2-6H2,1H3. The molecule has 0 spiro atoms. The first kappa shape index (κ1) is 11.6. The van der Waals surface area contributed by atoms with E-state index in [0.29, 0.717) is 11.0 Å². The number of rotatable bonds is 1. The number of halogens is 1. The zero-order chi connectivity index (χ0) is 11.6. The lowest BCUT2D eigenvalue weighted by Gasteiger charge is -2.22. The highest BCUT2D eigenvalue weighted by atomic mass is 35.5. The third-order valence-corrected chi connectivity index (χ3v) is 3.15. The first-order valence-electron chi connectivity index (χ1n) is 5.52. The largest absolute Gasteiger partial charge is 0.390 e. The molecule has 0 amide bonds. The maximum absolute atomic E-state index is 9.97. The van der Waals surface area contributed by atoms with Gasteiger partial charge in [0.15, 0.2) is 0 Å². The average Bonchev–Trinajstić information content (AvgIpc) is 2.41. The van der Waals surface area contributed by atoms with E-state index in [4.69, 9.17) is 11.6 Å². The van der Waals surface area contributed by atoms with E-state index in [-0.39, 0.29) is 0 Å². The monoisotopic (exact) mass is 241 g/mol. The van der Waals surface area contributed by atoms with Crippen molar-refractivity contribution in [1.82, 2.24) is 9.97 Å². The summed E-state index contributed by atoms with van der Waals surface area (Å²) in [6.45, 7) is 3.56. The van der Waals surface area contributed by atoms with Gasteiger partial charge in [0.2, 0.25) is 5.95 Å². The van der Waals surface area contributed by atoms with Gasteiger partial charge in [-0.15, -0.1) is 0 Å². The Morgan fingerprint density at radius 3 is 2.69 bits per heavy atom. The van der Waals surface area contributed by atoms with Crippen molar-refractivity contribution < 1.29 is 5.11 Å². The van der Waals surface area contributed by atoms with Crippen LogP contribution in [0.15, 0.2) is 12.4 Å². The normalized spacial score (nSPS) is 26.6. The van der Waals surface area contributed by atoms with Crippen LogP contribution in [0, 0.1) is 0 Å². The van der Waals surface area contributed by atoms with Crippen LogP contribution in [-0.2, 0) is 0 Å². The van der Waals surface area contributed by atoms with E-state index < -0.39 is 5.60 Å². The van der Waals surface area contributed by atoms with Crippen LogP contribution < -0.4 is 4.90 Å². The maximum atomic E-state index is 9.97. The summed E-state index contributed by atoms with van der Waals surface area (Å²) in [5.41, 5.74) is -0.554. The molecule has 1 N–H and O–H groups in total. The van der Waals surface area contributed by atoms with Gasteiger partial charge in [-0.25, -0.2) is 9.97 Å². The van der Waals surface area contributed by atoms with Crippen molar-refractivity contribution >= 4 is 17.5 Å². The fourth-order valence-corrected chi connectivity index (χ4v) is 2.03. The van der Waals surface area contributed by atoms with Crippen molar-refractivity contribution in [3.05, 3.63) is 17.4 Å². The van der Waals surface area contributed by atoms with Crippen molar-refractivity contribution in [2.75, 3.05) is 18.0 Å². The molecule has 2 heterocycles. The minimum atomic E-state index is -0.554. The van der Waals surface area contributed by atoms with Gasteiger partial charge in [0, 0.05) is 13.1 Å². The third-order valence-electron chi connectivity index (χ3n) is 2.95. The topological polar surface area (TPSA) is 49.2 Å². The van der Waals surface area contributed by atoms with Gasteiger partial charge in [0.1, 0.15) is 0 Å². The van der Waals surface area contributed by atoms with Crippen LogP contribution in [0.2, 0.25) is 5.02 Å². The van der Waals surface area contributed by atoms with Crippen LogP contribution in [0.5, 0.6) is 0 Å². The van der Waals surface area contributed by atoms with E-state index in [1.165, 1.54) is 0 Å². The van der Waals surface area contributed by atoms with E-state index in [1.807, 2.05) is 6.92 Å². The third kappa shape index (κ3) is 2.83. The molecule has 0 bridgehead atoms. The Kier molecular flexibility index (Phi) is 3.30. The summed E-state index contributed by atoms with van der Waals surface area (Å²) in [6, 6.07) is 0. The molecule has 1 aromatic rings. The van der Waals surface area contributed by atoms with Crippen LogP contribution in [-0.4, -0.2) is 33.8 Å². The molecule has 1 saturated heterocycles. The summed E-state index contributed by atoms with van der Waals surface area (Å²) in [6.07, 6.45) is 5.74. The zero-order valence-electron chi connectivity index (χ0n) is 9.36. The van der Waals surface area contributed by atoms with Gasteiger partial charge in [-0.3, -0.25) is 0 Å². The number of aromatic nitrogens is 2. The van der Waals surface area contributed by atoms with E-state index in [2.05, 4.69) is 14.9 Å². The second-order valence-electron chi connectivity index (χ2n) is 4.54. The fourth-order valence-electron chi connectivity index (χ4n) is 1.93. The molecule has 1 unspecified atom stereocenters. The Morgan fingerprint density at radius 1 is 1.31 bits per heavy atom. The molecule has 1 aromatic heterocycles. The second kappa shape index (κ2) is 4.55. The molecule has 0 aromatic carbocycles. The highest BCUT2D eigenvalue weighted by Gasteiger charge is 2.25. The molecule has 0 radical (unpaired) electrons. The van der Waals surface area contributed by atoms with Crippen LogP contribution in [0.4, 0.5) is 5.95 Å². The quantitative estimate of drug-likeness (QED) is 0.816. The van der Waals surface area contributed by atoms with Gasteiger partial charge in [0.05, 0.1) is 23.0 Å². The molecule has 0 saturated carbocycles. The molecule has 1 aliphatic rings. The summed E-state index contributed by atoms with van der Waals surface area (Å²) in [5, 5.41) is 10.5. The number of nitrogens with zero attached hydrogens (tertiary/aromatic N) is 3. The summed E-state index contributed by atoms with van der Waals surface area (Å²) in [5.74, 6) is 0.696. The van der Waals surface area contributed by atoms with Crippen molar-refractivity contribution in [1.29, 1.82) is 0 Å². The Hall–Kier alpha value is -0.870. The second-order valence-corrected chi connectivity index (χ2v) is 4.98. The minimum Gasteiger partial charge on any atom is -0.390 e. The van der Waals surface area contributed by atoms with Crippen LogP contribution in [0.25, 0.3) is 0 Å². The fraction of sp³-hybridized carbons (Fsp3) is 0.636. The number of aliphatic hydroxyl groups is 1. The molecular formula is C11H16ClN3O. The lowest BCUT2D eigenvalue weighted by atomic mass is 9.98. The predicted molar refractivity (Wildman–Crippen MR) is 63.7 cm³/mol. The number of anilines is 1. The molecule has 1 aliphatic heterocycles. The van der Waals surface area contributed by atoms with Crippen LogP contribution >= 0.6 is 11.6 Å². The molecule has 1 atom stereocenters. The van der Waals surface area contributed by atoms with Gasteiger partial charge in [-0.1, -0.05) is 11.6 Å². The van der Waals surface area contributed by atoms with Crippen molar-refractivity contribution in [2.24, 2.45) is 0 Å². The SMILES string of the molecule is CC1(O)CCCN(c2ncc(Cl)cn2)CC1. The van der Waals surface area contributed by atoms with E-state index in [1.54, 1.807) is 12.4 Å². The van der Waals surface area contributed by atoms with Gasteiger partial charge < -0.3 is 10.0 Å². The number of hydrogen-bond donors (Lipinski definition) is 1. The molecular weight excluding hydrogens is 226 g/mol. The lowest BCUT2D eigenvalue weighted by molar-refractivity contribution is 0.0481. The molecule has 88 valence electrons. The summed E-state index contributed by atoms with van der Waals surface area (Å²) >= 11 is 5.74. The molecule has 5 heteroatoms. The molecule has 1 fully saturated rings. The van der Waals surface area contributed by atoms with Crippen molar-refractivity contribution in [3.63, 3.8) is 0 Å². The lowest BCUT2D eigenvalue weighted by Crippen LogP contribution is -2.29. The molecule has 16 heavy (non-hydrogen) atoms. The minimum absolute atomic E-state index is 0.547. The van der Waals surface area contributed by atoms with Crippen molar-refractivity contribution in [3.8, 4) is 0 Å². The average molecular weight is 242 g/mol. The molecule has 2 rings (SSSR count). The van der Waals surface area contributed by atoms with Crippen LogP contribution in [0.1, 0.15) is 26.2 Å². The highest BCUT2D eigenvalue weighted by molar-refractivity contribution is 6.30. The molecule has 0 aliphatic carbocycles. The molecule has 4 nitrogen and oxygen atoms in total. The van der Waals surface area contributed by atoms with E-state index in [0.717, 1.165) is 32.4 Å². The Balaban J connectivity index is 2.08. The van der Waals surface area contributed by atoms with E-state index >= 15 is 0 Å². The van der Waals surface area contributed by atoms with Gasteiger partial charge in [-0.05, 0) is 26.2 Å². The Labute approximate surface area is 100 Å².